The van der Waals surface area contributed by atoms with Crippen molar-refractivity contribution in [2.75, 3.05) is 32.8 Å². The first kappa shape index (κ1) is 16.5. The lowest BCUT2D eigenvalue weighted by Gasteiger charge is -2.32. The van der Waals surface area contributed by atoms with Gasteiger partial charge in [0, 0.05) is 42.7 Å². The first-order valence-electron chi connectivity index (χ1n) is 9.22. The summed E-state index contributed by atoms with van der Waals surface area (Å²) in [5.74, 6) is 0.532. The van der Waals surface area contributed by atoms with Gasteiger partial charge < -0.3 is 10.1 Å². The van der Waals surface area contributed by atoms with Crippen LogP contribution < -0.4 is 5.32 Å². The Bertz CT molecular complexity index is 767. The van der Waals surface area contributed by atoms with E-state index in [1.165, 1.54) is 12.8 Å². The van der Waals surface area contributed by atoms with E-state index in [-0.39, 0.29) is 5.91 Å². The average Bonchev–Trinajstić information content (AvgIpc) is 3.51. The van der Waals surface area contributed by atoms with E-state index in [0.717, 1.165) is 48.5 Å². The van der Waals surface area contributed by atoms with Gasteiger partial charge in [-0.25, -0.2) is 0 Å². The molecule has 1 atom stereocenters. The van der Waals surface area contributed by atoms with Crippen LogP contribution >= 0.6 is 0 Å². The summed E-state index contributed by atoms with van der Waals surface area (Å²) in [4.78, 5) is 20.0. The molecule has 4 rings (SSSR count). The summed E-state index contributed by atoms with van der Waals surface area (Å²) in [6, 6.07) is 10.2. The number of nitrogens with one attached hydrogen (secondary N) is 1. The number of fused-ring (bicyclic) bond motifs is 1. The number of benzene rings is 1. The summed E-state index contributed by atoms with van der Waals surface area (Å²) < 4.78 is 5.40. The van der Waals surface area contributed by atoms with Crippen molar-refractivity contribution in [3.8, 4) is 0 Å². The largest absolute Gasteiger partial charge is 0.379 e. The van der Waals surface area contributed by atoms with Gasteiger partial charge in [-0.15, -0.1) is 0 Å². The molecule has 0 radical (unpaired) electrons. The fourth-order valence-electron chi connectivity index (χ4n) is 3.45. The van der Waals surface area contributed by atoms with E-state index >= 15 is 0 Å². The maximum absolute atomic E-state index is 12.9. The highest BCUT2D eigenvalue weighted by Gasteiger charge is 2.27. The first-order chi connectivity index (χ1) is 12.2. The van der Waals surface area contributed by atoms with Gasteiger partial charge in [0.2, 0.25) is 0 Å². The molecule has 132 valence electrons. The van der Waals surface area contributed by atoms with E-state index in [2.05, 4.69) is 17.1 Å². The minimum atomic E-state index is 0.000564. The van der Waals surface area contributed by atoms with Crippen LogP contribution in [0.15, 0.2) is 30.3 Å². The molecular formula is C20H25N3O2. The molecular weight excluding hydrogens is 314 g/mol. The molecule has 1 aliphatic carbocycles. The Balaban J connectivity index is 1.51. The molecule has 2 heterocycles. The quantitative estimate of drug-likeness (QED) is 0.910. The molecule has 0 spiro atoms. The third kappa shape index (κ3) is 3.67. The number of amides is 1. The molecule has 5 heteroatoms. The molecule has 1 aromatic heterocycles. The van der Waals surface area contributed by atoms with Crippen LogP contribution in [0.1, 0.15) is 41.7 Å². The predicted octanol–water partition coefficient (Wildman–Crippen LogP) is 2.56. The highest BCUT2D eigenvalue weighted by Crippen LogP contribution is 2.40. The van der Waals surface area contributed by atoms with Crippen molar-refractivity contribution in [3.05, 3.63) is 41.6 Å². The summed E-state index contributed by atoms with van der Waals surface area (Å²) >= 11 is 0. The van der Waals surface area contributed by atoms with Gasteiger partial charge in [0.1, 0.15) is 0 Å². The molecule has 2 aliphatic rings. The Hall–Kier alpha value is -1.98. The summed E-state index contributed by atoms with van der Waals surface area (Å²) in [6.45, 7) is 6.22. The molecule has 5 nitrogen and oxygen atoms in total. The number of para-hydroxylation sites is 1. The number of morpholine rings is 1. The number of aromatic nitrogens is 1. The van der Waals surface area contributed by atoms with Crippen LogP contribution in [0.25, 0.3) is 10.9 Å². The number of ether oxygens (including phenoxy) is 1. The van der Waals surface area contributed by atoms with Crippen molar-refractivity contribution in [2.45, 2.75) is 31.7 Å². The molecule has 1 saturated heterocycles. The number of hydrogen-bond donors (Lipinski definition) is 1. The van der Waals surface area contributed by atoms with Crippen LogP contribution in [-0.4, -0.2) is 54.7 Å². The molecule has 1 aromatic carbocycles. The van der Waals surface area contributed by atoms with Crippen LogP contribution in [0.3, 0.4) is 0 Å². The lowest BCUT2D eigenvalue weighted by atomic mass is 10.1. The van der Waals surface area contributed by atoms with Crippen LogP contribution in [0.2, 0.25) is 0 Å². The molecule has 1 amide bonds. The highest BCUT2D eigenvalue weighted by molar-refractivity contribution is 6.06. The third-order valence-corrected chi connectivity index (χ3v) is 5.20. The minimum absolute atomic E-state index is 0.000564. The van der Waals surface area contributed by atoms with Crippen molar-refractivity contribution in [2.24, 2.45) is 0 Å². The number of rotatable bonds is 5. The van der Waals surface area contributed by atoms with Gasteiger partial charge in [-0.3, -0.25) is 14.7 Å². The zero-order valence-corrected chi connectivity index (χ0v) is 14.7. The molecule has 0 unspecified atom stereocenters. The topological polar surface area (TPSA) is 54.5 Å². The van der Waals surface area contributed by atoms with Crippen molar-refractivity contribution in [3.63, 3.8) is 0 Å². The molecule has 1 saturated carbocycles. The summed E-state index contributed by atoms with van der Waals surface area (Å²) in [6.07, 6.45) is 2.36. The van der Waals surface area contributed by atoms with Gasteiger partial charge in [0.15, 0.2) is 0 Å². The number of carbonyl (C=O) groups is 1. The number of hydrogen-bond acceptors (Lipinski definition) is 4. The van der Waals surface area contributed by atoms with Crippen LogP contribution in [0.5, 0.6) is 0 Å². The van der Waals surface area contributed by atoms with E-state index in [1.807, 2.05) is 30.3 Å². The predicted molar refractivity (Wildman–Crippen MR) is 97.9 cm³/mol. The summed E-state index contributed by atoms with van der Waals surface area (Å²) in [5.41, 5.74) is 2.73. The second-order valence-corrected chi connectivity index (χ2v) is 7.09. The Labute approximate surface area is 148 Å². The standard InChI is InChI=1S/C20H25N3O2/c1-14(23-8-10-25-11-9-23)13-21-20(24)17-12-19(15-6-7-15)22-18-5-3-2-4-16(17)18/h2-5,12,14-15H,6-11,13H2,1H3,(H,21,24)/t14-/m0/s1. The first-order valence-corrected chi connectivity index (χ1v) is 9.22. The number of carbonyl (C=O) groups excluding carboxylic acids is 1. The number of nitrogens with zero attached hydrogens (tertiary/aromatic N) is 2. The molecule has 1 N–H and O–H groups in total. The van der Waals surface area contributed by atoms with Gasteiger partial charge in [-0.1, -0.05) is 18.2 Å². The van der Waals surface area contributed by atoms with Crippen molar-refractivity contribution in [1.82, 2.24) is 15.2 Å². The third-order valence-electron chi connectivity index (χ3n) is 5.20. The van der Waals surface area contributed by atoms with Crippen molar-refractivity contribution in [1.29, 1.82) is 0 Å². The summed E-state index contributed by atoms with van der Waals surface area (Å²) in [5, 5.41) is 4.06. The maximum Gasteiger partial charge on any atom is 0.252 e. The second kappa shape index (κ2) is 7.10. The van der Waals surface area contributed by atoms with Crippen molar-refractivity contribution >= 4 is 16.8 Å². The zero-order chi connectivity index (χ0) is 17.2. The molecule has 1 aliphatic heterocycles. The molecule has 2 fully saturated rings. The maximum atomic E-state index is 12.9. The van der Waals surface area contributed by atoms with Gasteiger partial charge in [0.05, 0.1) is 24.3 Å². The lowest BCUT2D eigenvalue weighted by molar-refractivity contribution is 0.0204. The van der Waals surface area contributed by atoms with Crippen LogP contribution in [-0.2, 0) is 4.74 Å². The van der Waals surface area contributed by atoms with E-state index in [1.54, 1.807) is 0 Å². The van der Waals surface area contributed by atoms with Crippen LogP contribution in [0, 0.1) is 0 Å². The summed E-state index contributed by atoms with van der Waals surface area (Å²) in [7, 11) is 0. The van der Waals surface area contributed by atoms with E-state index in [9.17, 15) is 4.79 Å². The lowest BCUT2D eigenvalue weighted by Crippen LogP contribution is -2.47. The Morgan fingerprint density at radius 1 is 1.32 bits per heavy atom. The van der Waals surface area contributed by atoms with Gasteiger partial charge in [-0.05, 0) is 31.9 Å². The van der Waals surface area contributed by atoms with Crippen LogP contribution in [0.4, 0.5) is 0 Å². The fraction of sp³-hybridized carbons (Fsp3) is 0.500. The van der Waals surface area contributed by atoms with Gasteiger partial charge >= 0.3 is 0 Å². The minimum Gasteiger partial charge on any atom is -0.379 e. The molecule has 0 bridgehead atoms. The second-order valence-electron chi connectivity index (χ2n) is 7.09. The smallest absolute Gasteiger partial charge is 0.252 e. The highest BCUT2D eigenvalue weighted by atomic mass is 16.5. The van der Waals surface area contributed by atoms with E-state index < -0.39 is 0 Å². The normalized spacial score (nSPS) is 19.7. The zero-order valence-electron chi connectivity index (χ0n) is 14.7. The number of pyridine rings is 1. The average molecular weight is 339 g/mol. The van der Waals surface area contributed by atoms with Crippen molar-refractivity contribution < 1.29 is 9.53 Å². The Morgan fingerprint density at radius 3 is 2.84 bits per heavy atom. The monoisotopic (exact) mass is 339 g/mol. The van der Waals surface area contributed by atoms with Gasteiger partial charge in [0.25, 0.3) is 5.91 Å². The fourth-order valence-corrected chi connectivity index (χ4v) is 3.45. The van der Waals surface area contributed by atoms with E-state index in [4.69, 9.17) is 9.72 Å². The van der Waals surface area contributed by atoms with Gasteiger partial charge in [-0.2, -0.15) is 0 Å². The Morgan fingerprint density at radius 2 is 2.08 bits per heavy atom. The SMILES string of the molecule is C[C@@H](CNC(=O)c1cc(C2CC2)nc2ccccc12)N1CCOCC1. The Kier molecular flexibility index (Phi) is 4.68. The molecule has 2 aromatic rings. The van der Waals surface area contributed by atoms with E-state index in [0.29, 0.717) is 18.5 Å². The molecule has 25 heavy (non-hydrogen) atoms.